The van der Waals surface area contributed by atoms with E-state index in [9.17, 15) is 9.18 Å². The lowest BCUT2D eigenvalue weighted by Gasteiger charge is -2.20. The summed E-state index contributed by atoms with van der Waals surface area (Å²) in [5.41, 5.74) is 5.96. The van der Waals surface area contributed by atoms with Gasteiger partial charge in [-0.2, -0.15) is 0 Å². The number of ether oxygens (including phenoxy) is 2. The van der Waals surface area contributed by atoms with Crippen molar-refractivity contribution >= 4 is 29.1 Å². The molecular formula is C17H18ClFN2O3. The Morgan fingerprint density at radius 3 is 2.54 bits per heavy atom. The van der Waals surface area contributed by atoms with E-state index >= 15 is 0 Å². The Morgan fingerprint density at radius 1 is 1.17 bits per heavy atom. The number of nitrogens with two attached hydrogens (primary N) is 1. The summed E-state index contributed by atoms with van der Waals surface area (Å²) in [6.07, 6.45) is -0.609. The van der Waals surface area contributed by atoms with Gasteiger partial charge in [0, 0.05) is 17.8 Å². The molecule has 0 bridgehead atoms. The van der Waals surface area contributed by atoms with E-state index < -0.39 is 17.5 Å². The summed E-state index contributed by atoms with van der Waals surface area (Å²) in [7, 11) is 0. The van der Waals surface area contributed by atoms with Gasteiger partial charge in [0.05, 0.1) is 10.7 Å². The third-order valence-electron chi connectivity index (χ3n) is 2.77. The molecule has 2 aromatic rings. The molecule has 0 aliphatic rings. The molecule has 7 heteroatoms. The van der Waals surface area contributed by atoms with Crippen LogP contribution >= 0.6 is 11.6 Å². The molecule has 2 aromatic carbocycles. The second-order valence-electron chi connectivity index (χ2n) is 6.06. The summed E-state index contributed by atoms with van der Waals surface area (Å²) < 4.78 is 24.0. The van der Waals surface area contributed by atoms with E-state index in [4.69, 9.17) is 26.8 Å². The van der Waals surface area contributed by atoms with Crippen molar-refractivity contribution in [3.05, 3.63) is 47.2 Å². The third-order valence-corrected chi connectivity index (χ3v) is 3.08. The van der Waals surface area contributed by atoms with Crippen LogP contribution in [0, 0.1) is 5.82 Å². The molecule has 0 heterocycles. The van der Waals surface area contributed by atoms with Crippen LogP contribution in [0.15, 0.2) is 36.4 Å². The van der Waals surface area contributed by atoms with Gasteiger partial charge in [0.25, 0.3) is 0 Å². The van der Waals surface area contributed by atoms with Crippen molar-refractivity contribution in [3.63, 3.8) is 0 Å². The minimum absolute atomic E-state index is 0.123. The molecule has 0 aromatic heterocycles. The second kappa shape index (κ2) is 6.97. The van der Waals surface area contributed by atoms with Crippen LogP contribution < -0.4 is 15.8 Å². The first-order valence-corrected chi connectivity index (χ1v) is 7.54. The number of anilines is 2. The number of halogens is 2. The lowest BCUT2D eigenvalue weighted by Crippen LogP contribution is -2.27. The van der Waals surface area contributed by atoms with E-state index in [2.05, 4.69) is 5.32 Å². The van der Waals surface area contributed by atoms with Crippen LogP contribution in [0.3, 0.4) is 0 Å². The van der Waals surface area contributed by atoms with E-state index in [0.29, 0.717) is 11.4 Å². The standard InChI is InChI=1S/C17H18ClFN2O3/c1-17(2,3)24-16(22)21-11-5-7-13(20)15(9-11)23-14-8-10(19)4-6-12(14)18/h4-9H,20H2,1-3H3,(H,21,22). The first kappa shape index (κ1) is 17.9. The van der Waals surface area contributed by atoms with Crippen LogP contribution in [0.25, 0.3) is 0 Å². The quantitative estimate of drug-likeness (QED) is 0.744. The van der Waals surface area contributed by atoms with Gasteiger partial charge in [0.15, 0.2) is 5.75 Å². The molecule has 0 radical (unpaired) electrons. The summed E-state index contributed by atoms with van der Waals surface area (Å²) in [6, 6.07) is 8.40. The largest absolute Gasteiger partial charge is 0.453 e. The minimum Gasteiger partial charge on any atom is -0.453 e. The van der Waals surface area contributed by atoms with Crippen molar-refractivity contribution in [3.8, 4) is 11.5 Å². The Kier molecular flexibility index (Phi) is 5.19. The average Bonchev–Trinajstić information content (AvgIpc) is 2.44. The number of rotatable bonds is 3. The Labute approximate surface area is 144 Å². The summed E-state index contributed by atoms with van der Waals surface area (Å²) in [4.78, 5) is 11.8. The van der Waals surface area contributed by atoms with E-state index in [1.54, 1.807) is 32.9 Å². The van der Waals surface area contributed by atoms with Crippen molar-refractivity contribution in [2.75, 3.05) is 11.1 Å². The van der Waals surface area contributed by atoms with Crippen LogP contribution in [0.4, 0.5) is 20.6 Å². The van der Waals surface area contributed by atoms with Gasteiger partial charge in [0.2, 0.25) is 0 Å². The fraction of sp³-hybridized carbons (Fsp3) is 0.235. The van der Waals surface area contributed by atoms with Gasteiger partial charge in [-0.3, -0.25) is 5.32 Å². The Morgan fingerprint density at radius 2 is 1.88 bits per heavy atom. The van der Waals surface area contributed by atoms with Crippen LogP contribution in [0.5, 0.6) is 11.5 Å². The average molecular weight is 353 g/mol. The first-order chi connectivity index (χ1) is 11.1. The van der Waals surface area contributed by atoms with Crippen molar-refractivity contribution in [1.29, 1.82) is 0 Å². The SMILES string of the molecule is CC(C)(C)OC(=O)Nc1ccc(N)c(Oc2cc(F)ccc2Cl)c1. The number of carbonyl (C=O) groups is 1. The predicted octanol–water partition coefficient (Wildman–Crippen LogP) is 5.20. The lowest BCUT2D eigenvalue weighted by molar-refractivity contribution is 0.0636. The molecular weight excluding hydrogens is 335 g/mol. The summed E-state index contributed by atoms with van der Waals surface area (Å²) in [5.74, 6) is -0.134. The summed E-state index contributed by atoms with van der Waals surface area (Å²) in [5, 5.41) is 2.81. The van der Waals surface area contributed by atoms with Gasteiger partial charge in [-0.1, -0.05) is 11.6 Å². The zero-order chi connectivity index (χ0) is 17.9. The highest BCUT2D eigenvalue weighted by Crippen LogP contribution is 2.34. The number of hydrogen-bond acceptors (Lipinski definition) is 4. The molecule has 0 fully saturated rings. The van der Waals surface area contributed by atoms with Crippen LogP contribution in [-0.2, 0) is 4.74 Å². The molecule has 0 aliphatic heterocycles. The maximum Gasteiger partial charge on any atom is 0.412 e. The molecule has 5 nitrogen and oxygen atoms in total. The molecule has 0 saturated carbocycles. The first-order valence-electron chi connectivity index (χ1n) is 7.16. The molecule has 2 rings (SSSR count). The number of amides is 1. The highest BCUT2D eigenvalue weighted by atomic mass is 35.5. The van der Waals surface area contributed by atoms with Gasteiger partial charge in [-0.25, -0.2) is 9.18 Å². The van der Waals surface area contributed by atoms with E-state index in [1.165, 1.54) is 18.2 Å². The normalized spacial score (nSPS) is 11.0. The number of carbonyl (C=O) groups excluding carboxylic acids is 1. The number of nitrogens with one attached hydrogen (secondary N) is 1. The Hall–Kier alpha value is -2.47. The van der Waals surface area contributed by atoms with Gasteiger partial charge < -0.3 is 15.2 Å². The third kappa shape index (κ3) is 5.03. The molecule has 0 unspecified atom stereocenters. The van der Waals surface area contributed by atoms with Crippen molar-refractivity contribution in [2.24, 2.45) is 0 Å². The number of hydrogen-bond donors (Lipinski definition) is 2. The number of nitrogen functional groups attached to an aromatic ring is 1. The second-order valence-corrected chi connectivity index (χ2v) is 6.46. The molecule has 24 heavy (non-hydrogen) atoms. The molecule has 0 spiro atoms. The highest BCUT2D eigenvalue weighted by Gasteiger charge is 2.17. The van der Waals surface area contributed by atoms with Gasteiger partial charge >= 0.3 is 6.09 Å². The summed E-state index contributed by atoms with van der Waals surface area (Å²) in [6.45, 7) is 5.28. The maximum atomic E-state index is 13.3. The monoisotopic (exact) mass is 352 g/mol. The van der Waals surface area contributed by atoms with Gasteiger partial charge in [-0.15, -0.1) is 0 Å². The molecule has 0 saturated heterocycles. The van der Waals surface area contributed by atoms with Crippen molar-refractivity contribution < 1.29 is 18.7 Å². The molecule has 0 aliphatic carbocycles. The summed E-state index contributed by atoms with van der Waals surface area (Å²) >= 11 is 5.97. The zero-order valence-electron chi connectivity index (χ0n) is 13.5. The Bertz CT molecular complexity index is 760. The van der Waals surface area contributed by atoms with Crippen molar-refractivity contribution in [1.82, 2.24) is 0 Å². The Balaban J connectivity index is 2.19. The van der Waals surface area contributed by atoms with Gasteiger partial charge in [0.1, 0.15) is 17.2 Å². The van der Waals surface area contributed by atoms with Gasteiger partial charge in [-0.05, 0) is 45.0 Å². The number of benzene rings is 2. The molecule has 0 atom stereocenters. The molecule has 1 amide bonds. The van der Waals surface area contributed by atoms with E-state index in [1.807, 2.05) is 0 Å². The van der Waals surface area contributed by atoms with Crippen LogP contribution in [-0.4, -0.2) is 11.7 Å². The fourth-order valence-electron chi connectivity index (χ4n) is 1.80. The van der Waals surface area contributed by atoms with Crippen molar-refractivity contribution in [2.45, 2.75) is 26.4 Å². The smallest absolute Gasteiger partial charge is 0.412 e. The predicted molar refractivity (Wildman–Crippen MR) is 92.2 cm³/mol. The maximum absolute atomic E-state index is 13.3. The van der Waals surface area contributed by atoms with E-state index in [-0.39, 0.29) is 16.5 Å². The minimum atomic E-state index is -0.619. The fourth-order valence-corrected chi connectivity index (χ4v) is 1.95. The van der Waals surface area contributed by atoms with Crippen LogP contribution in [0.1, 0.15) is 20.8 Å². The highest BCUT2D eigenvalue weighted by molar-refractivity contribution is 6.32. The molecule has 128 valence electrons. The lowest BCUT2D eigenvalue weighted by atomic mass is 10.2. The zero-order valence-corrected chi connectivity index (χ0v) is 14.3. The molecule has 3 N–H and O–H groups in total. The van der Waals surface area contributed by atoms with Crippen LogP contribution in [0.2, 0.25) is 5.02 Å². The van der Waals surface area contributed by atoms with E-state index in [0.717, 1.165) is 6.07 Å². The topological polar surface area (TPSA) is 73.6 Å².